The van der Waals surface area contributed by atoms with Crippen LogP contribution < -0.4 is 5.56 Å². The summed E-state index contributed by atoms with van der Waals surface area (Å²) < 4.78 is 7.77. The maximum absolute atomic E-state index is 12.2. The van der Waals surface area contributed by atoms with Crippen LogP contribution in [-0.4, -0.2) is 41.9 Å². The molecular formula is C15H11ClN6O3. The Bertz CT molecular complexity index is 1160. The number of carbonyl (C=O) groups is 1. The lowest BCUT2D eigenvalue weighted by Crippen LogP contribution is -2.12. The fourth-order valence-electron chi connectivity index (χ4n) is 2.50. The average molecular weight is 359 g/mol. The molecule has 0 atom stereocenters. The standard InChI is InChI=1S/C15H11ClN6O3/c1-2-25-15(24)12-19-13-14(23)18-9-6-8(16)10(21-5-3-4-17-21)7-11(9)22(13)20-12/h3-7H,2H2,1H3,(H,18,23). The first-order valence-electron chi connectivity index (χ1n) is 7.38. The number of aromatic amines is 1. The number of aromatic nitrogens is 6. The van der Waals surface area contributed by atoms with Crippen LogP contribution in [0.1, 0.15) is 17.5 Å². The molecule has 10 heteroatoms. The Hall–Kier alpha value is -3.20. The minimum absolute atomic E-state index is 0.00992. The highest BCUT2D eigenvalue weighted by molar-refractivity contribution is 6.33. The minimum Gasteiger partial charge on any atom is -0.460 e. The van der Waals surface area contributed by atoms with Crippen molar-refractivity contribution in [3.63, 3.8) is 0 Å². The van der Waals surface area contributed by atoms with Gasteiger partial charge in [-0.15, -0.1) is 5.10 Å². The van der Waals surface area contributed by atoms with Gasteiger partial charge in [0.15, 0.2) is 0 Å². The van der Waals surface area contributed by atoms with Crippen molar-refractivity contribution >= 4 is 34.3 Å². The van der Waals surface area contributed by atoms with Crippen molar-refractivity contribution in [1.82, 2.24) is 29.4 Å². The molecule has 1 aromatic carbocycles. The number of esters is 1. The summed E-state index contributed by atoms with van der Waals surface area (Å²) in [5, 5.41) is 8.66. The van der Waals surface area contributed by atoms with Gasteiger partial charge in [0.05, 0.1) is 28.4 Å². The number of nitrogens with zero attached hydrogens (tertiary/aromatic N) is 5. The predicted octanol–water partition coefficient (Wildman–Crippen LogP) is 1.59. The quantitative estimate of drug-likeness (QED) is 0.557. The lowest BCUT2D eigenvalue weighted by Gasteiger charge is -2.07. The van der Waals surface area contributed by atoms with Crippen molar-refractivity contribution in [2.24, 2.45) is 0 Å². The number of rotatable bonds is 3. The molecule has 25 heavy (non-hydrogen) atoms. The van der Waals surface area contributed by atoms with Gasteiger partial charge in [0, 0.05) is 12.4 Å². The zero-order chi connectivity index (χ0) is 17.6. The zero-order valence-corrected chi connectivity index (χ0v) is 13.7. The molecule has 0 spiro atoms. The van der Waals surface area contributed by atoms with E-state index >= 15 is 0 Å². The van der Waals surface area contributed by atoms with Crippen LogP contribution in [0.5, 0.6) is 0 Å². The van der Waals surface area contributed by atoms with Gasteiger partial charge < -0.3 is 9.72 Å². The second-order valence-corrected chi connectivity index (χ2v) is 5.52. The maximum atomic E-state index is 12.2. The van der Waals surface area contributed by atoms with Crippen LogP contribution in [-0.2, 0) is 4.74 Å². The Balaban J connectivity index is 2.02. The fraction of sp³-hybridized carbons (Fsp3) is 0.133. The molecule has 0 aliphatic rings. The van der Waals surface area contributed by atoms with Gasteiger partial charge in [0.25, 0.3) is 11.4 Å². The number of benzene rings is 1. The molecule has 3 aromatic heterocycles. The van der Waals surface area contributed by atoms with E-state index in [0.717, 1.165) is 0 Å². The highest BCUT2D eigenvalue weighted by Crippen LogP contribution is 2.25. The molecule has 0 aliphatic heterocycles. The topological polar surface area (TPSA) is 107 Å². The van der Waals surface area contributed by atoms with Gasteiger partial charge in [-0.1, -0.05) is 11.6 Å². The summed E-state index contributed by atoms with van der Waals surface area (Å²) in [6, 6.07) is 5.06. The molecule has 4 rings (SSSR count). The third-order valence-electron chi connectivity index (χ3n) is 3.56. The molecule has 0 bridgehead atoms. The third-order valence-corrected chi connectivity index (χ3v) is 3.86. The Morgan fingerprint density at radius 3 is 2.96 bits per heavy atom. The molecule has 1 N–H and O–H groups in total. The molecule has 0 amide bonds. The molecule has 0 fully saturated rings. The van der Waals surface area contributed by atoms with E-state index in [1.54, 1.807) is 42.2 Å². The van der Waals surface area contributed by atoms with Crippen molar-refractivity contribution in [2.75, 3.05) is 6.61 Å². The van der Waals surface area contributed by atoms with Crippen LogP contribution in [0.3, 0.4) is 0 Å². The summed E-state index contributed by atoms with van der Waals surface area (Å²) in [7, 11) is 0. The summed E-state index contributed by atoms with van der Waals surface area (Å²) in [6.45, 7) is 1.86. The second kappa shape index (κ2) is 5.71. The average Bonchev–Trinajstić information content (AvgIpc) is 3.25. The van der Waals surface area contributed by atoms with Crippen LogP contribution in [0.2, 0.25) is 5.02 Å². The number of H-pyrrole nitrogens is 1. The summed E-state index contributed by atoms with van der Waals surface area (Å²) in [6.07, 6.45) is 3.36. The van der Waals surface area contributed by atoms with Gasteiger partial charge in [-0.05, 0) is 25.1 Å². The number of carbonyl (C=O) groups excluding carboxylic acids is 1. The van der Waals surface area contributed by atoms with Crippen molar-refractivity contribution in [3.8, 4) is 5.69 Å². The lowest BCUT2D eigenvalue weighted by atomic mass is 10.2. The van der Waals surface area contributed by atoms with E-state index in [9.17, 15) is 9.59 Å². The van der Waals surface area contributed by atoms with E-state index in [4.69, 9.17) is 16.3 Å². The molecule has 0 unspecified atom stereocenters. The summed E-state index contributed by atoms with van der Waals surface area (Å²) in [5.74, 6) is -0.879. The van der Waals surface area contributed by atoms with Gasteiger partial charge >= 0.3 is 5.97 Å². The van der Waals surface area contributed by atoms with E-state index in [0.29, 0.717) is 21.7 Å². The number of hydrogen-bond acceptors (Lipinski definition) is 6. The van der Waals surface area contributed by atoms with Crippen molar-refractivity contribution in [1.29, 1.82) is 0 Å². The van der Waals surface area contributed by atoms with E-state index in [1.807, 2.05) is 0 Å². The molecule has 0 saturated carbocycles. The highest BCUT2D eigenvalue weighted by Gasteiger charge is 2.18. The molecule has 4 aromatic rings. The van der Waals surface area contributed by atoms with Gasteiger partial charge in [0.1, 0.15) is 0 Å². The van der Waals surface area contributed by atoms with E-state index < -0.39 is 11.5 Å². The van der Waals surface area contributed by atoms with Gasteiger partial charge in [-0.25, -0.2) is 14.0 Å². The SMILES string of the molecule is CCOC(=O)c1nc2c(=O)[nH]c3cc(Cl)c(-n4cccn4)cc3n2n1. The minimum atomic E-state index is -0.694. The molecule has 3 heterocycles. The van der Waals surface area contributed by atoms with E-state index in [-0.39, 0.29) is 18.1 Å². The summed E-state index contributed by atoms with van der Waals surface area (Å²) in [5.41, 5.74) is 1.08. The van der Waals surface area contributed by atoms with E-state index in [1.165, 1.54) is 4.52 Å². The Kier molecular flexibility index (Phi) is 3.50. The number of ether oxygens (including phenoxy) is 1. The second-order valence-electron chi connectivity index (χ2n) is 5.12. The Labute approximate surface area is 144 Å². The van der Waals surface area contributed by atoms with Crippen LogP contribution in [0.15, 0.2) is 35.4 Å². The Morgan fingerprint density at radius 2 is 2.24 bits per heavy atom. The van der Waals surface area contributed by atoms with Crippen molar-refractivity contribution < 1.29 is 9.53 Å². The third kappa shape index (κ3) is 2.45. The molecule has 0 saturated heterocycles. The van der Waals surface area contributed by atoms with E-state index in [2.05, 4.69) is 20.2 Å². The zero-order valence-electron chi connectivity index (χ0n) is 12.9. The normalized spacial score (nSPS) is 11.3. The molecule has 9 nitrogen and oxygen atoms in total. The first kappa shape index (κ1) is 15.3. The largest absolute Gasteiger partial charge is 0.460 e. The van der Waals surface area contributed by atoms with Crippen molar-refractivity contribution in [3.05, 3.63) is 51.8 Å². The van der Waals surface area contributed by atoms with Crippen LogP contribution in [0.25, 0.3) is 22.4 Å². The molecular weight excluding hydrogens is 348 g/mol. The molecule has 126 valence electrons. The monoisotopic (exact) mass is 358 g/mol. The molecule has 0 radical (unpaired) electrons. The number of halogens is 1. The van der Waals surface area contributed by atoms with Crippen LogP contribution in [0, 0.1) is 0 Å². The summed E-state index contributed by atoms with van der Waals surface area (Å²) in [4.78, 5) is 30.7. The lowest BCUT2D eigenvalue weighted by molar-refractivity contribution is 0.0512. The van der Waals surface area contributed by atoms with Crippen molar-refractivity contribution in [2.45, 2.75) is 6.92 Å². The fourth-order valence-corrected chi connectivity index (χ4v) is 2.75. The number of hydrogen-bond donors (Lipinski definition) is 1. The van der Waals surface area contributed by atoms with Crippen LogP contribution >= 0.6 is 11.6 Å². The van der Waals surface area contributed by atoms with Gasteiger partial charge in [0.2, 0.25) is 5.65 Å². The first-order valence-corrected chi connectivity index (χ1v) is 7.75. The predicted molar refractivity (Wildman–Crippen MR) is 89.2 cm³/mol. The molecule has 0 aliphatic carbocycles. The highest BCUT2D eigenvalue weighted by atomic mass is 35.5. The van der Waals surface area contributed by atoms with Gasteiger partial charge in [-0.2, -0.15) is 10.1 Å². The number of nitrogens with one attached hydrogen (secondary N) is 1. The van der Waals surface area contributed by atoms with Gasteiger partial charge in [-0.3, -0.25) is 4.79 Å². The smallest absolute Gasteiger partial charge is 0.378 e. The van der Waals surface area contributed by atoms with Crippen LogP contribution in [0.4, 0.5) is 0 Å². The first-order chi connectivity index (χ1) is 12.1. The Morgan fingerprint density at radius 1 is 1.40 bits per heavy atom. The maximum Gasteiger partial charge on any atom is 0.378 e. The number of fused-ring (bicyclic) bond motifs is 3. The summed E-state index contributed by atoms with van der Waals surface area (Å²) >= 11 is 6.29.